The molecule has 0 spiro atoms. The fourth-order valence-corrected chi connectivity index (χ4v) is 3.02. The smallest absolute Gasteiger partial charge is 0.0581 e. The Kier molecular flexibility index (Phi) is 3.81. The Balaban J connectivity index is 2.70. The normalized spacial score (nSPS) is 33.5. The van der Waals surface area contributed by atoms with Gasteiger partial charge in [0.1, 0.15) is 0 Å². The van der Waals surface area contributed by atoms with Crippen LogP contribution in [0.2, 0.25) is 0 Å². The fourth-order valence-electron chi connectivity index (χ4n) is 3.02. The van der Waals surface area contributed by atoms with Crippen LogP contribution in [-0.2, 0) is 0 Å². The van der Waals surface area contributed by atoms with Crippen LogP contribution in [0.1, 0.15) is 40.5 Å². The molecule has 0 amide bonds. The lowest BCUT2D eigenvalue weighted by atomic mass is 9.86. The van der Waals surface area contributed by atoms with E-state index < -0.39 is 0 Å². The fraction of sp³-hybridized carbons (Fsp3) is 0.846. The Morgan fingerprint density at radius 2 is 2.13 bits per heavy atom. The van der Waals surface area contributed by atoms with Crippen LogP contribution in [0.15, 0.2) is 0 Å². The second kappa shape index (κ2) is 4.55. The van der Waals surface area contributed by atoms with E-state index in [0.29, 0.717) is 17.9 Å². The van der Waals surface area contributed by atoms with E-state index in [-0.39, 0.29) is 5.54 Å². The Labute approximate surface area is 94.0 Å². The lowest BCUT2D eigenvalue weighted by molar-refractivity contribution is 0.267. The molecule has 86 valence electrons. The molecule has 0 aromatic heterocycles. The molecule has 1 aliphatic rings. The summed E-state index contributed by atoms with van der Waals surface area (Å²) in [5.74, 6) is 6.62. The molecule has 0 aromatic carbocycles. The zero-order valence-corrected chi connectivity index (χ0v) is 10.5. The SMILES string of the molecule is CC#CCNC1(CN)CC(C)(C)CC1C. The van der Waals surface area contributed by atoms with Crippen LogP contribution in [0.5, 0.6) is 0 Å². The van der Waals surface area contributed by atoms with Gasteiger partial charge in [0.15, 0.2) is 0 Å². The summed E-state index contributed by atoms with van der Waals surface area (Å²) in [6, 6.07) is 0. The predicted molar refractivity (Wildman–Crippen MR) is 65.4 cm³/mol. The highest BCUT2D eigenvalue weighted by Gasteiger charge is 2.47. The first-order valence-corrected chi connectivity index (χ1v) is 5.80. The number of nitrogens with two attached hydrogens (primary N) is 1. The molecule has 2 unspecified atom stereocenters. The second-order valence-electron chi connectivity index (χ2n) is 5.59. The minimum atomic E-state index is 0.105. The topological polar surface area (TPSA) is 38.0 Å². The van der Waals surface area contributed by atoms with Crippen molar-refractivity contribution in [1.29, 1.82) is 0 Å². The third-order valence-electron chi connectivity index (χ3n) is 3.67. The largest absolute Gasteiger partial charge is 0.329 e. The highest BCUT2D eigenvalue weighted by Crippen LogP contribution is 2.46. The zero-order chi connectivity index (χ0) is 11.5. The molecule has 0 aromatic rings. The van der Waals surface area contributed by atoms with Crippen molar-refractivity contribution in [2.45, 2.75) is 46.1 Å². The maximum absolute atomic E-state index is 5.95. The average Bonchev–Trinajstić information content (AvgIpc) is 2.37. The Bertz CT molecular complexity index is 272. The van der Waals surface area contributed by atoms with Crippen LogP contribution in [0, 0.1) is 23.2 Å². The van der Waals surface area contributed by atoms with Crippen molar-refractivity contribution in [3.05, 3.63) is 0 Å². The lowest BCUT2D eigenvalue weighted by Gasteiger charge is -2.33. The van der Waals surface area contributed by atoms with Gasteiger partial charge in [-0.15, -0.1) is 5.92 Å². The van der Waals surface area contributed by atoms with E-state index in [4.69, 9.17) is 5.73 Å². The molecule has 3 N–H and O–H groups in total. The lowest BCUT2D eigenvalue weighted by Crippen LogP contribution is -2.53. The minimum absolute atomic E-state index is 0.105. The number of hydrogen-bond donors (Lipinski definition) is 2. The summed E-state index contributed by atoms with van der Waals surface area (Å²) in [5.41, 5.74) is 6.46. The first-order valence-electron chi connectivity index (χ1n) is 5.80. The third-order valence-corrected chi connectivity index (χ3v) is 3.67. The highest BCUT2D eigenvalue weighted by molar-refractivity contribution is 5.08. The van der Waals surface area contributed by atoms with Gasteiger partial charge >= 0.3 is 0 Å². The maximum Gasteiger partial charge on any atom is 0.0581 e. The number of rotatable bonds is 3. The molecule has 2 atom stereocenters. The number of nitrogens with one attached hydrogen (secondary N) is 1. The second-order valence-corrected chi connectivity index (χ2v) is 5.59. The molecule has 2 heteroatoms. The first kappa shape index (κ1) is 12.5. The minimum Gasteiger partial charge on any atom is -0.329 e. The summed E-state index contributed by atoms with van der Waals surface area (Å²) < 4.78 is 0. The summed E-state index contributed by atoms with van der Waals surface area (Å²) in [4.78, 5) is 0. The number of hydrogen-bond acceptors (Lipinski definition) is 2. The van der Waals surface area contributed by atoms with Crippen molar-refractivity contribution in [3.63, 3.8) is 0 Å². The van der Waals surface area contributed by atoms with Crippen LogP contribution in [0.3, 0.4) is 0 Å². The molecule has 0 bridgehead atoms. The molecule has 0 aliphatic heterocycles. The van der Waals surface area contributed by atoms with Gasteiger partial charge in [0.05, 0.1) is 6.54 Å². The van der Waals surface area contributed by atoms with Gasteiger partial charge in [0.25, 0.3) is 0 Å². The van der Waals surface area contributed by atoms with Crippen LogP contribution in [0.25, 0.3) is 0 Å². The molecule has 1 rings (SSSR count). The quantitative estimate of drug-likeness (QED) is 0.694. The van der Waals surface area contributed by atoms with Crippen molar-refractivity contribution in [2.75, 3.05) is 13.1 Å². The van der Waals surface area contributed by atoms with Crippen LogP contribution < -0.4 is 11.1 Å². The van der Waals surface area contributed by atoms with E-state index in [9.17, 15) is 0 Å². The van der Waals surface area contributed by atoms with Gasteiger partial charge in [-0.3, -0.25) is 5.32 Å². The van der Waals surface area contributed by atoms with E-state index >= 15 is 0 Å². The third kappa shape index (κ3) is 2.74. The summed E-state index contributed by atoms with van der Waals surface area (Å²) in [6.45, 7) is 10.3. The van der Waals surface area contributed by atoms with E-state index in [1.807, 2.05) is 6.92 Å². The molecule has 1 fully saturated rings. The van der Waals surface area contributed by atoms with Crippen LogP contribution in [-0.4, -0.2) is 18.6 Å². The standard InChI is InChI=1S/C13H24N2/c1-5-6-7-15-13(10-14)9-12(3,4)8-11(13)2/h11,15H,7-10,14H2,1-4H3. The Hall–Kier alpha value is -0.520. The maximum atomic E-state index is 5.95. The zero-order valence-electron chi connectivity index (χ0n) is 10.5. The summed E-state index contributed by atoms with van der Waals surface area (Å²) in [5, 5.41) is 3.55. The summed E-state index contributed by atoms with van der Waals surface area (Å²) in [6.07, 6.45) is 2.40. The summed E-state index contributed by atoms with van der Waals surface area (Å²) >= 11 is 0. The van der Waals surface area contributed by atoms with Gasteiger partial charge in [-0.2, -0.15) is 0 Å². The molecule has 1 aliphatic carbocycles. The van der Waals surface area contributed by atoms with Crippen molar-refractivity contribution >= 4 is 0 Å². The van der Waals surface area contributed by atoms with Gasteiger partial charge in [-0.05, 0) is 31.1 Å². The van der Waals surface area contributed by atoms with Gasteiger partial charge in [0.2, 0.25) is 0 Å². The van der Waals surface area contributed by atoms with Crippen molar-refractivity contribution < 1.29 is 0 Å². The predicted octanol–water partition coefficient (Wildman–Crippen LogP) is 1.75. The molecule has 0 saturated heterocycles. The van der Waals surface area contributed by atoms with E-state index in [2.05, 4.69) is 37.9 Å². The van der Waals surface area contributed by atoms with Gasteiger partial charge in [0, 0.05) is 12.1 Å². The van der Waals surface area contributed by atoms with Crippen LogP contribution in [0.4, 0.5) is 0 Å². The van der Waals surface area contributed by atoms with Crippen molar-refractivity contribution in [1.82, 2.24) is 5.32 Å². The monoisotopic (exact) mass is 208 g/mol. The van der Waals surface area contributed by atoms with Crippen molar-refractivity contribution in [2.24, 2.45) is 17.1 Å². The van der Waals surface area contributed by atoms with Gasteiger partial charge < -0.3 is 5.73 Å². The molecule has 1 saturated carbocycles. The van der Waals surface area contributed by atoms with Crippen LogP contribution >= 0.6 is 0 Å². The summed E-state index contributed by atoms with van der Waals surface area (Å²) in [7, 11) is 0. The Morgan fingerprint density at radius 1 is 1.47 bits per heavy atom. The molecular formula is C13H24N2. The first-order chi connectivity index (χ1) is 6.96. The molecule has 0 heterocycles. The molecular weight excluding hydrogens is 184 g/mol. The highest BCUT2D eigenvalue weighted by atomic mass is 15.0. The van der Waals surface area contributed by atoms with E-state index in [1.165, 1.54) is 6.42 Å². The average molecular weight is 208 g/mol. The van der Waals surface area contributed by atoms with Crippen molar-refractivity contribution in [3.8, 4) is 11.8 Å². The van der Waals surface area contributed by atoms with Gasteiger partial charge in [-0.1, -0.05) is 26.7 Å². The van der Waals surface area contributed by atoms with E-state index in [1.54, 1.807) is 0 Å². The van der Waals surface area contributed by atoms with Gasteiger partial charge in [-0.25, -0.2) is 0 Å². The molecule has 0 radical (unpaired) electrons. The Morgan fingerprint density at radius 3 is 2.53 bits per heavy atom. The molecule has 2 nitrogen and oxygen atoms in total. The molecule has 15 heavy (non-hydrogen) atoms. The van der Waals surface area contributed by atoms with E-state index in [0.717, 1.165) is 13.0 Å².